The highest BCUT2D eigenvalue weighted by atomic mass is 32.1. The second-order valence-corrected chi connectivity index (χ2v) is 7.39. The van der Waals surface area contributed by atoms with E-state index >= 15 is 0 Å². The van der Waals surface area contributed by atoms with Crippen LogP contribution < -0.4 is 18.7 Å². The first-order valence-corrected chi connectivity index (χ1v) is 10.1. The van der Waals surface area contributed by atoms with E-state index in [0.717, 1.165) is 22.4 Å². The molecule has 27 heavy (non-hydrogen) atoms. The first kappa shape index (κ1) is 17.8. The highest BCUT2D eigenvalue weighted by molar-refractivity contribution is 7.46. The van der Waals surface area contributed by atoms with E-state index in [1.165, 1.54) is 23.7 Å². The minimum absolute atomic E-state index is 0.0848. The van der Waals surface area contributed by atoms with Crippen LogP contribution in [0.2, 0.25) is 0 Å². The highest BCUT2D eigenvalue weighted by Crippen LogP contribution is 2.46. The Bertz CT molecular complexity index is 1030. The zero-order valence-electron chi connectivity index (χ0n) is 14.0. The summed E-state index contributed by atoms with van der Waals surface area (Å²) in [7, 11) is -3.03. The predicted molar refractivity (Wildman–Crippen MR) is 98.3 cm³/mol. The van der Waals surface area contributed by atoms with E-state index in [1.54, 1.807) is 19.2 Å². The van der Waals surface area contributed by atoms with Crippen LogP contribution in [0.15, 0.2) is 41.8 Å². The summed E-state index contributed by atoms with van der Waals surface area (Å²) in [6, 6.07) is 10.1. The standard InChI is InChI=1S/C17H14NO7PS/c1-22-14-6-11(7-15-17(14)24-9-23-15)16-13(8-27-18-16)10-2-4-12(5-3-10)25-26(19,20)21/h2-8H,9H2,1H3,(H2,19,20,21). The van der Waals surface area contributed by atoms with E-state index < -0.39 is 7.82 Å². The van der Waals surface area contributed by atoms with Crippen LogP contribution >= 0.6 is 19.4 Å². The third-order valence-corrected chi connectivity index (χ3v) is 4.97. The molecule has 0 atom stereocenters. The van der Waals surface area contributed by atoms with Crippen molar-refractivity contribution in [2.45, 2.75) is 0 Å². The molecule has 2 N–H and O–H groups in total. The number of nitrogens with zero attached hydrogens (tertiary/aromatic N) is 1. The number of ether oxygens (including phenoxy) is 3. The van der Waals surface area contributed by atoms with Gasteiger partial charge in [0.05, 0.1) is 12.8 Å². The lowest BCUT2D eigenvalue weighted by Crippen LogP contribution is -1.93. The molecule has 0 saturated carbocycles. The summed E-state index contributed by atoms with van der Waals surface area (Å²) in [4.78, 5) is 17.8. The third-order valence-electron chi connectivity index (χ3n) is 3.89. The maximum atomic E-state index is 10.9. The van der Waals surface area contributed by atoms with Gasteiger partial charge in [-0.05, 0) is 41.4 Å². The molecule has 0 bridgehead atoms. The zero-order chi connectivity index (χ0) is 19.0. The molecule has 1 aliphatic heterocycles. The van der Waals surface area contributed by atoms with E-state index in [1.807, 2.05) is 17.5 Å². The molecule has 2 aromatic carbocycles. The van der Waals surface area contributed by atoms with Crippen molar-refractivity contribution >= 4 is 19.4 Å². The normalized spacial score (nSPS) is 12.9. The lowest BCUT2D eigenvalue weighted by molar-refractivity contribution is 0.171. The molecule has 8 nitrogen and oxygen atoms in total. The predicted octanol–water partition coefficient (Wildman–Crippen LogP) is 3.69. The SMILES string of the molecule is COc1cc(-c2nscc2-c2ccc(OP(=O)(O)O)cc2)cc2c1OCO2. The smallest absolute Gasteiger partial charge is 0.493 e. The zero-order valence-corrected chi connectivity index (χ0v) is 15.7. The molecule has 10 heteroatoms. The lowest BCUT2D eigenvalue weighted by Gasteiger charge is -2.09. The number of hydrogen-bond acceptors (Lipinski definition) is 7. The van der Waals surface area contributed by atoms with Gasteiger partial charge in [0.25, 0.3) is 0 Å². The summed E-state index contributed by atoms with van der Waals surface area (Å²) < 4.78 is 36.3. The summed E-state index contributed by atoms with van der Waals surface area (Å²) in [6.07, 6.45) is 0. The van der Waals surface area contributed by atoms with E-state index in [9.17, 15) is 4.57 Å². The van der Waals surface area contributed by atoms with Crippen LogP contribution in [-0.4, -0.2) is 28.1 Å². The van der Waals surface area contributed by atoms with Crippen molar-refractivity contribution in [1.82, 2.24) is 4.37 Å². The molecule has 0 unspecified atom stereocenters. The molecule has 3 aromatic rings. The molecular weight excluding hydrogens is 393 g/mol. The van der Waals surface area contributed by atoms with E-state index in [-0.39, 0.29) is 12.5 Å². The van der Waals surface area contributed by atoms with Gasteiger partial charge in [0.1, 0.15) is 5.75 Å². The summed E-state index contributed by atoms with van der Waals surface area (Å²) >= 11 is 1.30. The van der Waals surface area contributed by atoms with Gasteiger partial charge < -0.3 is 18.7 Å². The molecule has 1 aliphatic rings. The first-order chi connectivity index (χ1) is 12.9. The molecule has 0 amide bonds. The maximum Gasteiger partial charge on any atom is 0.524 e. The Morgan fingerprint density at radius 1 is 1.15 bits per heavy atom. The number of benzene rings is 2. The van der Waals surface area contributed by atoms with Crippen molar-refractivity contribution in [2.75, 3.05) is 13.9 Å². The number of phosphoric acid groups is 1. The largest absolute Gasteiger partial charge is 0.524 e. The van der Waals surface area contributed by atoms with Crippen LogP contribution in [0.5, 0.6) is 23.0 Å². The van der Waals surface area contributed by atoms with Crippen LogP contribution in [0, 0.1) is 0 Å². The molecule has 0 radical (unpaired) electrons. The van der Waals surface area contributed by atoms with E-state index in [0.29, 0.717) is 17.2 Å². The summed E-state index contributed by atoms with van der Waals surface area (Å²) in [6.45, 7) is 0.139. The molecule has 0 aliphatic carbocycles. The molecule has 1 aromatic heterocycles. The highest BCUT2D eigenvalue weighted by Gasteiger charge is 2.23. The van der Waals surface area contributed by atoms with Gasteiger partial charge in [0.2, 0.25) is 12.5 Å². The van der Waals surface area contributed by atoms with E-state index in [2.05, 4.69) is 8.90 Å². The average molecular weight is 407 g/mol. The van der Waals surface area contributed by atoms with Crippen LogP contribution in [0.25, 0.3) is 22.4 Å². The molecule has 2 heterocycles. The Kier molecular flexibility index (Phi) is 4.53. The van der Waals surface area contributed by atoms with Gasteiger partial charge in [-0.3, -0.25) is 9.79 Å². The molecule has 0 saturated heterocycles. The molecule has 0 spiro atoms. The van der Waals surface area contributed by atoms with E-state index in [4.69, 9.17) is 24.0 Å². The second-order valence-electron chi connectivity index (χ2n) is 5.60. The average Bonchev–Trinajstić information content (AvgIpc) is 3.29. The Morgan fingerprint density at radius 2 is 1.93 bits per heavy atom. The Balaban J connectivity index is 1.71. The van der Waals surface area contributed by atoms with Crippen molar-refractivity contribution in [2.24, 2.45) is 0 Å². The van der Waals surface area contributed by atoms with Crippen LogP contribution in [-0.2, 0) is 4.57 Å². The van der Waals surface area contributed by atoms with Gasteiger partial charge >= 0.3 is 7.82 Å². The number of rotatable bonds is 5. The third kappa shape index (κ3) is 3.63. The van der Waals surface area contributed by atoms with Crippen molar-refractivity contribution in [3.05, 3.63) is 41.8 Å². The first-order valence-electron chi connectivity index (χ1n) is 7.72. The van der Waals surface area contributed by atoms with Crippen LogP contribution in [0.4, 0.5) is 0 Å². The van der Waals surface area contributed by atoms with Crippen LogP contribution in [0.1, 0.15) is 0 Å². The minimum atomic E-state index is -4.59. The topological polar surface area (TPSA) is 107 Å². The number of methoxy groups -OCH3 is 1. The fourth-order valence-corrected chi connectivity index (χ4v) is 3.86. The maximum absolute atomic E-state index is 10.9. The molecule has 0 fully saturated rings. The Hall–Kier alpha value is -2.58. The number of fused-ring (bicyclic) bond motifs is 1. The van der Waals surface area contributed by atoms with Gasteiger partial charge in [0.15, 0.2) is 11.5 Å². The summed E-state index contributed by atoms with van der Waals surface area (Å²) in [5.41, 5.74) is 3.24. The van der Waals surface area contributed by atoms with Gasteiger partial charge in [-0.25, -0.2) is 4.57 Å². The van der Waals surface area contributed by atoms with Crippen LogP contribution in [0.3, 0.4) is 0 Å². The van der Waals surface area contributed by atoms with Gasteiger partial charge in [-0.1, -0.05) is 12.1 Å². The lowest BCUT2D eigenvalue weighted by atomic mass is 10.0. The summed E-state index contributed by atoms with van der Waals surface area (Å²) in [5.74, 6) is 1.80. The number of phosphoric ester groups is 1. The van der Waals surface area contributed by atoms with Gasteiger partial charge in [-0.2, -0.15) is 4.37 Å². The van der Waals surface area contributed by atoms with Crippen molar-refractivity contribution in [3.8, 4) is 45.4 Å². The summed E-state index contributed by atoms with van der Waals surface area (Å²) in [5, 5.41) is 1.89. The Labute approximate surface area is 158 Å². The fourth-order valence-electron chi connectivity index (χ4n) is 2.75. The monoisotopic (exact) mass is 407 g/mol. The fraction of sp³-hybridized carbons (Fsp3) is 0.118. The van der Waals surface area contributed by atoms with Gasteiger partial charge in [0, 0.05) is 16.5 Å². The van der Waals surface area contributed by atoms with Crippen molar-refractivity contribution in [1.29, 1.82) is 0 Å². The number of aromatic nitrogens is 1. The molecule has 4 rings (SSSR count). The molecule has 140 valence electrons. The Morgan fingerprint density at radius 3 is 2.63 bits per heavy atom. The van der Waals surface area contributed by atoms with Crippen molar-refractivity contribution < 1.29 is 33.1 Å². The number of hydrogen-bond donors (Lipinski definition) is 2. The van der Waals surface area contributed by atoms with Gasteiger partial charge in [-0.15, -0.1) is 0 Å². The molecular formula is C17H14NO7PS. The second kappa shape index (κ2) is 6.86. The minimum Gasteiger partial charge on any atom is -0.493 e. The quantitative estimate of drug-likeness (QED) is 0.617. The van der Waals surface area contributed by atoms with Crippen molar-refractivity contribution in [3.63, 3.8) is 0 Å².